The molecule has 0 radical (unpaired) electrons. The third kappa shape index (κ3) is 63.2. The van der Waals surface area contributed by atoms with Crippen LogP contribution in [0.1, 0.15) is 356 Å². The van der Waals surface area contributed by atoms with E-state index >= 15 is 0 Å². The summed E-state index contributed by atoms with van der Waals surface area (Å²) in [4.78, 5) is 72.5. The Hall–Kier alpha value is -1.94. The van der Waals surface area contributed by atoms with Crippen molar-refractivity contribution in [1.29, 1.82) is 0 Å². The number of hydrogen-bond donors (Lipinski definition) is 3. The van der Waals surface area contributed by atoms with E-state index in [9.17, 15) is 43.2 Å². The van der Waals surface area contributed by atoms with E-state index in [1.165, 1.54) is 167 Å². The number of carbonyl (C=O) groups is 4. The van der Waals surface area contributed by atoms with Crippen molar-refractivity contribution in [3.8, 4) is 0 Å². The lowest BCUT2D eigenvalue weighted by Gasteiger charge is -2.21. The van der Waals surface area contributed by atoms with Crippen LogP contribution in [0.4, 0.5) is 0 Å². The molecule has 0 amide bonds. The van der Waals surface area contributed by atoms with Crippen molar-refractivity contribution in [2.24, 2.45) is 11.8 Å². The van der Waals surface area contributed by atoms with Gasteiger partial charge in [-0.25, -0.2) is 9.13 Å². The second kappa shape index (κ2) is 62.2. The molecular weight excluding hydrogens is 1170 g/mol. The zero-order valence-corrected chi connectivity index (χ0v) is 59.5. The Morgan fingerprint density at radius 2 is 0.573 bits per heavy atom. The van der Waals surface area contributed by atoms with Gasteiger partial charge in [0.25, 0.3) is 0 Å². The van der Waals surface area contributed by atoms with Gasteiger partial charge < -0.3 is 33.8 Å². The number of carbonyl (C=O) groups excluding carboxylic acids is 4. The van der Waals surface area contributed by atoms with Crippen LogP contribution in [-0.2, 0) is 65.4 Å². The summed E-state index contributed by atoms with van der Waals surface area (Å²) in [5, 5.41) is 10.6. The van der Waals surface area contributed by atoms with Gasteiger partial charge in [0.2, 0.25) is 0 Å². The average molecular weight is 1310 g/mol. The number of unbranched alkanes of at least 4 members (excludes halogenated alkanes) is 38. The molecule has 528 valence electrons. The van der Waals surface area contributed by atoms with Gasteiger partial charge in [-0.05, 0) is 37.5 Å². The van der Waals surface area contributed by atoms with E-state index in [0.29, 0.717) is 31.6 Å². The van der Waals surface area contributed by atoms with Crippen molar-refractivity contribution in [3.05, 3.63) is 0 Å². The number of phosphoric ester groups is 2. The molecule has 0 aliphatic carbocycles. The van der Waals surface area contributed by atoms with Crippen LogP contribution >= 0.6 is 15.6 Å². The molecule has 0 fully saturated rings. The minimum absolute atomic E-state index is 0.103. The summed E-state index contributed by atoms with van der Waals surface area (Å²) in [6.07, 6.45) is 47.3. The third-order valence-electron chi connectivity index (χ3n) is 16.6. The zero-order valence-electron chi connectivity index (χ0n) is 57.7. The Morgan fingerprint density at radius 1 is 0.326 bits per heavy atom. The third-order valence-corrected chi connectivity index (χ3v) is 18.5. The van der Waals surface area contributed by atoms with Gasteiger partial charge in [-0.15, -0.1) is 0 Å². The standard InChI is InChI=1S/C70H136O17P2/c1-7-10-12-14-16-18-20-21-22-23-24-25-26-28-30-34-42-48-54-69(74)86-65(58-80-67(72)52-46-40-33-29-27-19-17-15-13-11-8-2)60-84-88(76,77)82-56-64(71)57-83-89(78,79)85-61-66(87-70(75)55-49-43-35-31-32-38-44-50-62(4)5)59-81-68(73)53-47-41-37-36-39-45-51-63(6)9-3/h62-66,71H,7-61H2,1-6H3,(H,76,77)(H,78,79)/t63?,64-,65-,66-/m1/s1. The monoisotopic (exact) mass is 1310 g/mol. The van der Waals surface area contributed by atoms with Crippen LogP contribution < -0.4 is 0 Å². The molecule has 19 heteroatoms. The molecule has 3 N–H and O–H groups in total. The fourth-order valence-electron chi connectivity index (χ4n) is 10.6. The summed E-state index contributed by atoms with van der Waals surface area (Å²) in [5.74, 6) is -0.701. The van der Waals surface area contributed by atoms with Gasteiger partial charge in [-0.1, -0.05) is 305 Å². The van der Waals surface area contributed by atoms with E-state index in [1.54, 1.807) is 0 Å². The van der Waals surface area contributed by atoms with Crippen molar-refractivity contribution >= 4 is 39.5 Å². The van der Waals surface area contributed by atoms with Crippen molar-refractivity contribution < 1.29 is 80.2 Å². The van der Waals surface area contributed by atoms with Crippen LogP contribution in [0, 0.1) is 11.8 Å². The topological polar surface area (TPSA) is 237 Å². The highest BCUT2D eigenvalue weighted by Crippen LogP contribution is 2.45. The molecule has 3 unspecified atom stereocenters. The number of rotatable bonds is 69. The van der Waals surface area contributed by atoms with Gasteiger partial charge in [0.05, 0.1) is 26.4 Å². The lowest BCUT2D eigenvalue weighted by Crippen LogP contribution is -2.30. The van der Waals surface area contributed by atoms with Crippen molar-refractivity contribution in [2.75, 3.05) is 39.6 Å². The van der Waals surface area contributed by atoms with Crippen molar-refractivity contribution in [2.45, 2.75) is 374 Å². The Balaban J connectivity index is 5.21. The summed E-state index contributed by atoms with van der Waals surface area (Å²) >= 11 is 0. The van der Waals surface area contributed by atoms with E-state index in [1.807, 2.05) is 0 Å². The van der Waals surface area contributed by atoms with E-state index < -0.39 is 97.5 Å². The van der Waals surface area contributed by atoms with Crippen molar-refractivity contribution in [1.82, 2.24) is 0 Å². The second-order valence-corrected chi connectivity index (χ2v) is 28.9. The molecule has 0 saturated carbocycles. The first-order valence-corrected chi connectivity index (χ1v) is 39.5. The first-order chi connectivity index (χ1) is 42.9. The van der Waals surface area contributed by atoms with Gasteiger partial charge in [0, 0.05) is 25.7 Å². The highest BCUT2D eigenvalue weighted by atomic mass is 31.2. The van der Waals surface area contributed by atoms with Gasteiger partial charge >= 0.3 is 39.5 Å². The highest BCUT2D eigenvalue weighted by Gasteiger charge is 2.30. The van der Waals surface area contributed by atoms with E-state index in [4.69, 9.17) is 37.0 Å². The van der Waals surface area contributed by atoms with Crippen LogP contribution in [0.3, 0.4) is 0 Å². The van der Waals surface area contributed by atoms with Crippen LogP contribution in [0.5, 0.6) is 0 Å². The first-order valence-electron chi connectivity index (χ1n) is 36.5. The largest absolute Gasteiger partial charge is 0.472 e. The quantitative estimate of drug-likeness (QED) is 0.0222. The number of aliphatic hydroxyl groups is 1. The molecule has 0 spiro atoms. The van der Waals surface area contributed by atoms with Gasteiger partial charge in [-0.3, -0.25) is 37.3 Å². The summed E-state index contributed by atoms with van der Waals surface area (Å²) in [6.45, 7) is 9.44. The molecular formula is C70H136O17P2. The predicted molar refractivity (Wildman–Crippen MR) is 358 cm³/mol. The predicted octanol–water partition coefficient (Wildman–Crippen LogP) is 20.0. The van der Waals surface area contributed by atoms with Crippen LogP contribution in [-0.4, -0.2) is 96.7 Å². The molecule has 0 rings (SSSR count). The molecule has 0 aromatic carbocycles. The molecule has 0 aliphatic heterocycles. The van der Waals surface area contributed by atoms with E-state index in [2.05, 4.69) is 41.5 Å². The van der Waals surface area contributed by atoms with E-state index in [0.717, 1.165) is 102 Å². The zero-order chi connectivity index (χ0) is 65.7. The lowest BCUT2D eigenvalue weighted by atomic mass is 10.00. The number of esters is 4. The maximum absolute atomic E-state index is 13.0. The van der Waals surface area contributed by atoms with E-state index in [-0.39, 0.29) is 25.7 Å². The van der Waals surface area contributed by atoms with Crippen LogP contribution in [0.2, 0.25) is 0 Å². The summed E-state index contributed by atoms with van der Waals surface area (Å²) in [6, 6.07) is 0. The maximum atomic E-state index is 13.0. The molecule has 89 heavy (non-hydrogen) atoms. The molecule has 0 aromatic rings. The molecule has 0 saturated heterocycles. The van der Waals surface area contributed by atoms with Gasteiger partial charge in [-0.2, -0.15) is 0 Å². The van der Waals surface area contributed by atoms with Gasteiger partial charge in [0.15, 0.2) is 12.2 Å². The Labute approximate surface area is 543 Å². The number of phosphoric acid groups is 2. The molecule has 0 aromatic heterocycles. The molecule has 0 heterocycles. The number of ether oxygens (including phenoxy) is 4. The molecule has 17 nitrogen and oxygen atoms in total. The summed E-state index contributed by atoms with van der Waals surface area (Å²) < 4.78 is 68.2. The minimum atomic E-state index is -4.95. The Morgan fingerprint density at radius 3 is 0.854 bits per heavy atom. The van der Waals surface area contributed by atoms with Crippen LogP contribution in [0.15, 0.2) is 0 Å². The average Bonchev–Trinajstić information content (AvgIpc) is 3.54. The highest BCUT2D eigenvalue weighted by molar-refractivity contribution is 7.47. The first kappa shape index (κ1) is 87.1. The molecule has 0 aliphatic rings. The summed E-state index contributed by atoms with van der Waals surface area (Å²) in [7, 11) is -9.90. The molecule has 6 atom stereocenters. The SMILES string of the molecule is CCCCCCCCCCCCCCCCCCCCC(=O)O[C@H](COC(=O)CCCCCCCCCCCCC)COP(=O)(O)OC[C@@H](O)COP(=O)(O)OC[C@@H](COC(=O)CCCCCCCCC(C)CC)OC(=O)CCCCCCCCCC(C)C. The second-order valence-electron chi connectivity index (χ2n) is 26.0. The molecule has 0 bridgehead atoms. The number of hydrogen-bond acceptors (Lipinski definition) is 15. The maximum Gasteiger partial charge on any atom is 0.472 e. The summed E-state index contributed by atoms with van der Waals surface area (Å²) in [5.41, 5.74) is 0. The fraction of sp³-hybridized carbons (Fsp3) is 0.943. The Bertz CT molecular complexity index is 1740. The van der Waals surface area contributed by atoms with Crippen LogP contribution in [0.25, 0.3) is 0 Å². The normalized spacial score (nSPS) is 14.4. The Kier molecular flexibility index (Phi) is 60.8. The fourth-order valence-corrected chi connectivity index (χ4v) is 12.1. The van der Waals surface area contributed by atoms with Gasteiger partial charge in [0.1, 0.15) is 19.3 Å². The number of aliphatic hydroxyl groups excluding tert-OH is 1. The smallest absolute Gasteiger partial charge is 0.462 e. The van der Waals surface area contributed by atoms with Crippen molar-refractivity contribution in [3.63, 3.8) is 0 Å². The lowest BCUT2D eigenvalue weighted by molar-refractivity contribution is -0.161. The minimum Gasteiger partial charge on any atom is -0.462 e.